The smallest absolute Gasteiger partial charge is 0.118 e. The molecule has 0 saturated heterocycles. The molecule has 0 aliphatic heterocycles. The van der Waals surface area contributed by atoms with Crippen LogP contribution >= 0.6 is 11.8 Å². The molecule has 0 saturated carbocycles. The fraction of sp³-hybridized carbons (Fsp3) is 0.0909. The van der Waals surface area contributed by atoms with Crippen LogP contribution in [0.2, 0.25) is 0 Å². The minimum atomic E-state index is 0.881. The number of hydrogen-bond acceptors (Lipinski definition) is 2. The molecular formula is C22H20OS. The SMILES string of the molecule is C/C=C(\Sc1ccc(-c2ccc(OC)cc2)cc1)c1ccccc1. The van der Waals surface area contributed by atoms with Crippen molar-refractivity contribution in [1.29, 1.82) is 0 Å². The molecule has 0 fully saturated rings. The number of thioether (sulfide) groups is 1. The Morgan fingerprint density at radius 3 is 1.92 bits per heavy atom. The second-order valence-electron chi connectivity index (χ2n) is 5.37. The molecule has 0 bridgehead atoms. The van der Waals surface area contributed by atoms with Crippen LogP contribution in [-0.2, 0) is 0 Å². The van der Waals surface area contributed by atoms with E-state index in [1.807, 2.05) is 18.2 Å². The Morgan fingerprint density at radius 1 is 0.792 bits per heavy atom. The van der Waals surface area contributed by atoms with Gasteiger partial charge in [0.05, 0.1) is 7.11 Å². The average Bonchev–Trinajstić information content (AvgIpc) is 2.67. The molecule has 3 aromatic rings. The Morgan fingerprint density at radius 2 is 1.38 bits per heavy atom. The maximum atomic E-state index is 5.21. The van der Waals surface area contributed by atoms with Gasteiger partial charge in [-0.1, -0.05) is 72.4 Å². The predicted octanol–water partition coefficient (Wildman–Crippen LogP) is 6.52. The van der Waals surface area contributed by atoms with Gasteiger partial charge in [-0.2, -0.15) is 0 Å². The van der Waals surface area contributed by atoms with E-state index < -0.39 is 0 Å². The summed E-state index contributed by atoms with van der Waals surface area (Å²) >= 11 is 1.79. The first kappa shape index (κ1) is 16.4. The highest BCUT2D eigenvalue weighted by Gasteiger charge is 2.04. The maximum Gasteiger partial charge on any atom is 0.118 e. The lowest BCUT2D eigenvalue weighted by molar-refractivity contribution is 0.415. The fourth-order valence-electron chi connectivity index (χ4n) is 2.51. The summed E-state index contributed by atoms with van der Waals surface area (Å²) in [4.78, 5) is 2.51. The lowest BCUT2D eigenvalue weighted by atomic mass is 10.1. The number of benzene rings is 3. The maximum absolute atomic E-state index is 5.21. The van der Waals surface area contributed by atoms with Crippen molar-refractivity contribution in [3.63, 3.8) is 0 Å². The van der Waals surface area contributed by atoms with Gasteiger partial charge in [-0.15, -0.1) is 0 Å². The van der Waals surface area contributed by atoms with E-state index in [1.165, 1.54) is 26.5 Å². The molecule has 1 nitrogen and oxygen atoms in total. The minimum absolute atomic E-state index is 0.881. The van der Waals surface area contributed by atoms with Gasteiger partial charge in [-0.3, -0.25) is 0 Å². The molecule has 3 rings (SSSR count). The molecule has 0 atom stereocenters. The third-order valence-electron chi connectivity index (χ3n) is 3.83. The zero-order chi connectivity index (χ0) is 16.8. The van der Waals surface area contributed by atoms with Crippen LogP contribution in [0.25, 0.3) is 16.0 Å². The van der Waals surface area contributed by atoms with Gasteiger partial charge in [0.1, 0.15) is 5.75 Å². The molecule has 0 N–H and O–H groups in total. The van der Waals surface area contributed by atoms with Crippen molar-refractivity contribution in [1.82, 2.24) is 0 Å². The summed E-state index contributed by atoms with van der Waals surface area (Å²) in [7, 11) is 1.69. The average molecular weight is 332 g/mol. The van der Waals surface area contributed by atoms with Crippen LogP contribution in [0.1, 0.15) is 12.5 Å². The molecule has 0 radical (unpaired) electrons. The monoisotopic (exact) mass is 332 g/mol. The van der Waals surface area contributed by atoms with Crippen molar-refractivity contribution >= 4 is 16.7 Å². The van der Waals surface area contributed by atoms with E-state index in [1.54, 1.807) is 18.9 Å². The van der Waals surface area contributed by atoms with Crippen molar-refractivity contribution in [3.8, 4) is 16.9 Å². The highest BCUT2D eigenvalue weighted by Crippen LogP contribution is 2.35. The van der Waals surface area contributed by atoms with Gasteiger partial charge in [0.15, 0.2) is 0 Å². The van der Waals surface area contributed by atoms with Gasteiger partial charge in [0, 0.05) is 9.80 Å². The molecule has 0 amide bonds. The van der Waals surface area contributed by atoms with E-state index >= 15 is 0 Å². The summed E-state index contributed by atoms with van der Waals surface area (Å²) in [5.74, 6) is 0.881. The Bertz CT molecular complexity index is 803. The molecule has 0 heterocycles. The van der Waals surface area contributed by atoms with Crippen molar-refractivity contribution in [2.75, 3.05) is 7.11 Å². The first-order valence-corrected chi connectivity index (χ1v) is 8.76. The molecule has 3 aromatic carbocycles. The number of methoxy groups -OCH3 is 1. The van der Waals surface area contributed by atoms with Gasteiger partial charge in [-0.05, 0) is 47.9 Å². The van der Waals surface area contributed by atoms with Crippen LogP contribution < -0.4 is 4.74 Å². The predicted molar refractivity (Wildman–Crippen MR) is 104 cm³/mol. The molecule has 0 aliphatic carbocycles. The van der Waals surface area contributed by atoms with Crippen LogP contribution in [0.5, 0.6) is 5.75 Å². The molecule has 24 heavy (non-hydrogen) atoms. The van der Waals surface area contributed by atoms with E-state index in [0.717, 1.165) is 5.75 Å². The Hall–Kier alpha value is -2.45. The van der Waals surface area contributed by atoms with Crippen LogP contribution in [0.15, 0.2) is 89.8 Å². The van der Waals surface area contributed by atoms with E-state index in [2.05, 4.69) is 73.7 Å². The topological polar surface area (TPSA) is 9.23 Å². The van der Waals surface area contributed by atoms with Gasteiger partial charge in [0.2, 0.25) is 0 Å². The largest absolute Gasteiger partial charge is 0.497 e. The standard InChI is InChI=1S/C22H20OS/c1-3-22(19-7-5-4-6-8-19)24-21-15-11-18(12-16-21)17-9-13-20(23-2)14-10-17/h3-16H,1-2H3/b22-3-. The summed E-state index contributed by atoms with van der Waals surface area (Å²) in [5, 5.41) is 0. The molecule has 120 valence electrons. The first-order valence-electron chi connectivity index (χ1n) is 7.94. The molecule has 2 heteroatoms. The number of rotatable bonds is 5. The van der Waals surface area contributed by atoms with E-state index in [9.17, 15) is 0 Å². The van der Waals surface area contributed by atoms with Crippen molar-refractivity contribution in [2.45, 2.75) is 11.8 Å². The Labute approximate surface area is 148 Å². The van der Waals surface area contributed by atoms with Gasteiger partial charge in [0.25, 0.3) is 0 Å². The van der Waals surface area contributed by atoms with E-state index in [0.29, 0.717) is 0 Å². The van der Waals surface area contributed by atoms with Gasteiger partial charge >= 0.3 is 0 Å². The summed E-state index contributed by atoms with van der Waals surface area (Å²) in [6.45, 7) is 2.08. The number of hydrogen-bond donors (Lipinski definition) is 0. The second kappa shape index (κ2) is 7.89. The van der Waals surface area contributed by atoms with Crippen LogP contribution in [-0.4, -0.2) is 7.11 Å². The fourth-order valence-corrected chi connectivity index (χ4v) is 3.41. The van der Waals surface area contributed by atoms with Crippen LogP contribution in [0.4, 0.5) is 0 Å². The molecule has 0 spiro atoms. The molecule has 0 aliphatic rings. The molecular weight excluding hydrogens is 312 g/mol. The minimum Gasteiger partial charge on any atom is -0.497 e. The lowest BCUT2D eigenvalue weighted by Gasteiger charge is -2.08. The molecule has 0 aromatic heterocycles. The van der Waals surface area contributed by atoms with Crippen molar-refractivity contribution in [3.05, 3.63) is 90.5 Å². The first-order chi connectivity index (χ1) is 11.8. The Balaban J connectivity index is 1.76. The number of ether oxygens (including phenoxy) is 1. The zero-order valence-corrected chi connectivity index (χ0v) is 14.7. The van der Waals surface area contributed by atoms with Gasteiger partial charge < -0.3 is 4.74 Å². The highest BCUT2D eigenvalue weighted by molar-refractivity contribution is 8.08. The lowest BCUT2D eigenvalue weighted by Crippen LogP contribution is -1.83. The van der Waals surface area contributed by atoms with E-state index in [4.69, 9.17) is 4.74 Å². The van der Waals surface area contributed by atoms with E-state index in [-0.39, 0.29) is 0 Å². The van der Waals surface area contributed by atoms with Crippen molar-refractivity contribution < 1.29 is 4.74 Å². The number of allylic oxidation sites excluding steroid dienone is 1. The normalized spacial score (nSPS) is 11.3. The summed E-state index contributed by atoms with van der Waals surface area (Å²) in [5.41, 5.74) is 3.66. The summed E-state index contributed by atoms with van der Waals surface area (Å²) in [6.07, 6.45) is 2.16. The quantitative estimate of drug-likeness (QED) is 0.492. The zero-order valence-electron chi connectivity index (χ0n) is 13.9. The Kier molecular flexibility index (Phi) is 5.39. The van der Waals surface area contributed by atoms with Crippen LogP contribution in [0.3, 0.4) is 0 Å². The van der Waals surface area contributed by atoms with Crippen molar-refractivity contribution in [2.24, 2.45) is 0 Å². The third-order valence-corrected chi connectivity index (χ3v) is 5.03. The van der Waals surface area contributed by atoms with Crippen LogP contribution in [0, 0.1) is 0 Å². The third kappa shape index (κ3) is 3.90. The molecule has 0 unspecified atom stereocenters. The summed E-state index contributed by atoms with van der Waals surface area (Å²) in [6, 6.07) is 27.3. The highest BCUT2D eigenvalue weighted by atomic mass is 32.2. The summed E-state index contributed by atoms with van der Waals surface area (Å²) < 4.78 is 5.21. The second-order valence-corrected chi connectivity index (χ2v) is 6.49. The van der Waals surface area contributed by atoms with Gasteiger partial charge in [-0.25, -0.2) is 0 Å².